The number of alkyl halides is 1. The summed E-state index contributed by atoms with van der Waals surface area (Å²) in [6.07, 6.45) is 0.243. The van der Waals surface area contributed by atoms with Crippen LogP contribution in [0.15, 0.2) is 95.8 Å². The molecule has 0 saturated carbocycles. The number of fused-ring (bicyclic) bond motifs is 1. The van der Waals surface area contributed by atoms with Crippen molar-refractivity contribution in [3.8, 4) is 11.1 Å². The number of nitrogens with zero attached hydrogens (tertiary/aromatic N) is 3. The van der Waals surface area contributed by atoms with Crippen LogP contribution in [-0.4, -0.2) is 91.5 Å². The van der Waals surface area contributed by atoms with Gasteiger partial charge in [-0.1, -0.05) is 66.7 Å². The first-order valence-corrected chi connectivity index (χ1v) is 19.4. The van der Waals surface area contributed by atoms with Crippen molar-refractivity contribution in [2.45, 2.75) is 70.5 Å². The molecule has 1 aromatic heterocycles. The molecule has 11 nitrogen and oxygen atoms in total. The zero-order chi connectivity index (χ0) is 42.6. The quantitative estimate of drug-likeness (QED) is 0.0971. The molecule has 2 unspecified atom stereocenters. The molecule has 5 aromatic rings. The van der Waals surface area contributed by atoms with Crippen LogP contribution in [0.4, 0.5) is 13.2 Å². The molecule has 1 aliphatic heterocycles. The van der Waals surface area contributed by atoms with E-state index >= 15 is 0 Å². The summed E-state index contributed by atoms with van der Waals surface area (Å²) in [5, 5.41) is 33.0. The van der Waals surface area contributed by atoms with E-state index in [9.17, 15) is 32.3 Å². The molecule has 2 heterocycles. The Morgan fingerprint density at radius 2 is 1.36 bits per heavy atom. The normalized spacial score (nSPS) is 13.7. The molecular weight excluding hydrogens is 768 g/mol. The molecule has 0 radical (unpaired) electrons. The number of carbonyl (C=O) groups excluding carboxylic acids is 1. The lowest BCUT2D eigenvalue weighted by molar-refractivity contribution is -0.165. The van der Waals surface area contributed by atoms with Crippen molar-refractivity contribution in [3.05, 3.63) is 141 Å². The molecule has 14 heteroatoms. The van der Waals surface area contributed by atoms with Crippen LogP contribution in [0, 0.1) is 11.6 Å². The summed E-state index contributed by atoms with van der Waals surface area (Å²) in [7, 11) is 1.75. The number of carboxylic acids is 2. The molecule has 1 fully saturated rings. The molecule has 59 heavy (non-hydrogen) atoms. The first-order chi connectivity index (χ1) is 28.2. The van der Waals surface area contributed by atoms with Gasteiger partial charge in [0.2, 0.25) is 5.91 Å². The van der Waals surface area contributed by atoms with Crippen LogP contribution in [0.1, 0.15) is 47.2 Å². The summed E-state index contributed by atoms with van der Waals surface area (Å²) in [5.74, 6) is -5.49. The van der Waals surface area contributed by atoms with E-state index < -0.39 is 42.5 Å². The summed E-state index contributed by atoms with van der Waals surface area (Å²) >= 11 is 0. The number of aromatic nitrogens is 1. The number of rotatable bonds is 16. The van der Waals surface area contributed by atoms with Gasteiger partial charge in [-0.15, -0.1) is 0 Å². The van der Waals surface area contributed by atoms with E-state index in [0.29, 0.717) is 28.7 Å². The summed E-state index contributed by atoms with van der Waals surface area (Å²) in [5.41, 5.74) is 5.99. The van der Waals surface area contributed by atoms with Crippen molar-refractivity contribution in [1.29, 1.82) is 0 Å². The maximum atomic E-state index is 14.6. The standard InChI is InChI=1S/C41H42F3N3O2.C4H6O6/c1-45(27-31-11-16-33(17-12-31)32-14-9-30(26-42)10-15-32)40(49)28-47-35(19-18-34-7-4-8-37(43)41(34)44)25-39(48)36-20-13-29(24-38(36)47)6-5-23-46-21-2-3-22-46;5-1(3(7)8)2(6)4(9)10/h4,7-17,20,24-25H,2-3,5-6,18-19,21-23,26-28H2,1H3;1-2,5-6H,(H,7,8)(H,9,10). The van der Waals surface area contributed by atoms with Gasteiger partial charge in [0.05, 0.1) is 5.52 Å². The molecule has 312 valence electrons. The van der Waals surface area contributed by atoms with Gasteiger partial charge in [0.25, 0.3) is 0 Å². The average molecular weight is 816 g/mol. The topological polar surface area (TPSA) is 161 Å². The fourth-order valence-electron chi connectivity index (χ4n) is 7.01. The number of likely N-dealkylation sites (N-methyl/N-ethyl adjacent to an activating group) is 1. The summed E-state index contributed by atoms with van der Waals surface area (Å²) in [4.78, 5) is 50.8. The Hall–Kier alpha value is -5.83. The third kappa shape index (κ3) is 11.9. The lowest BCUT2D eigenvalue weighted by Gasteiger charge is -2.22. The van der Waals surface area contributed by atoms with Crippen LogP contribution in [0.2, 0.25) is 0 Å². The maximum Gasteiger partial charge on any atom is 0.335 e. The minimum absolute atomic E-state index is 0.00944. The van der Waals surface area contributed by atoms with Crippen molar-refractivity contribution >= 4 is 28.7 Å². The number of likely N-dealkylation sites (tertiary alicyclic amines) is 1. The Morgan fingerprint density at radius 1 is 0.763 bits per heavy atom. The number of aliphatic hydroxyl groups excluding tert-OH is 2. The average Bonchev–Trinajstić information content (AvgIpc) is 3.76. The number of carboxylic acid groups (broad SMARTS) is 2. The van der Waals surface area contributed by atoms with Gasteiger partial charge in [-0.05, 0) is 110 Å². The van der Waals surface area contributed by atoms with Gasteiger partial charge < -0.3 is 34.8 Å². The number of aryl methyl sites for hydroxylation is 3. The molecule has 4 aromatic carbocycles. The van der Waals surface area contributed by atoms with Gasteiger partial charge in [0, 0.05) is 30.7 Å². The Bertz CT molecular complexity index is 2280. The molecule has 1 saturated heterocycles. The predicted octanol–water partition coefficient (Wildman–Crippen LogP) is 5.77. The smallest absolute Gasteiger partial charge is 0.335 e. The van der Waals surface area contributed by atoms with Crippen molar-refractivity contribution in [2.75, 3.05) is 26.7 Å². The number of carbonyl (C=O) groups is 3. The molecule has 2 atom stereocenters. The van der Waals surface area contributed by atoms with Crippen LogP contribution in [0.3, 0.4) is 0 Å². The van der Waals surface area contributed by atoms with E-state index in [2.05, 4.69) is 4.90 Å². The number of aliphatic carboxylic acids is 2. The molecule has 0 bridgehead atoms. The number of hydrogen-bond acceptors (Lipinski definition) is 7. The molecule has 4 N–H and O–H groups in total. The van der Waals surface area contributed by atoms with E-state index in [1.807, 2.05) is 59.2 Å². The van der Waals surface area contributed by atoms with Gasteiger partial charge in [-0.25, -0.2) is 22.8 Å². The van der Waals surface area contributed by atoms with Crippen molar-refractivity contribution in [1.82, 2.24) is 14.4 Å². The molecular formula is C45H48F3N3O8. The third-order valence-electron chi connectivity index (χ3n) is 10.4. The highest BCUT2D eigenvalue weighted by Crippen LogP contribution is 2.23. The van der Waals surface area contributed by atoms with Crippen molar-refractivity contribution in [2.24, 2.45) is 0 Å². The SMILES string of the molecule is CN(Cc1ccc(-c2ccc(CF)cc2)cc1)C(=O)Cn1c(CCc2cccc(F)c2F)cc(=O)c2ccc(CCCN3CCCC3)cc21.O=C(O)C(O)C(O)C(=O)O. The summed E-state index contributed by atoms with van der Waals surface area (Å²) in [6, 6.07) is 26.8. The van der Waals surface area contributed by atoms with Crippen LogP contribution >= 0.6 is 0 Å². The Kier molecular flexibility index (Phi) is 15.6. The highest BCUT2D eigenvalue weighted by atomic mass is 19.2. The number of hydrogen-bond donors (Lipinski definition) is 4. The molecule has 6 rings (SSSR count). The number of benzene rings is 4. The second kappa shape index (κ2) is 20.7. The lowest BCUT2D eigenvalue weighted by Crippen LogP contribution is -2.39. The first-order valence-electron chi connectivity index (χ1n) is 19.4. The van der Waals surface area contributed by atoms with Gasteiger partial charge in [0.1, 0.15) is 13.2 Å². The molecule has 1 amide bonds. The Labute approximate surface area is 339 Å². The van der Waals surface area contributed by atoms with Gasteiger partial charge in [-0.3, -0.25) is 9.59 Å². The van der Waals surface area contributed by atoms with Crippen LogP contribution < -0.4 is 5.43 Å². The second-order valence-electron chi connectivity index (χ2n) is 14.6. The maximum absolute atomic E-state index is 14.6. The zero-order valence-corrected chi connectivity index (χ0v) is 32.7. The van der Waals surface area contributed by atoms with E-state index in [1.54, 1.807) is 30.1 Å². The fraction of sp³-hybridized carbons (Fsp3) is 0.333. The van der Waals surface area contributed by atoms with Crippen LogP contribution in [-0.2, 0) is 53.4 Å². The van der Waals surface area contributed by atoms with Crippen LogP contribution in [0.25, 0.3) is 22.0 Å². The summed E-state index contributed by atoms with van der Waals surface area (Å²) < 4.78 is 43.4. The molecule has 0 spiro atoms. The van der Waals surface area contributed by atoms with Gasteiger partial charge in [0.15, 0.2) is 29.3 Å². The number of pyridine rings is 1. The Balaban J connectivity index is 0.000000586. The Morgan fingerprint density at radius 3 is 1.95 bits per heavy atom. The van der Waals surface area contributed by atoms with Crippen LogP contribution in [0.5, 0.6) is 0 Å². The number of aliphatic hydroxyl groups is 2. The highest BCUT2D eigenvalue weighted by molar-refractivity contribution is 5.84. The monoisotopic (exact) mass is 815 g/mol. The van der Waals surface area contributed by atoms with Gasteiger partial charge in [-0.2, -0.15) is 0 Å². The van der Waals surface area contributed by atoms with Crippen molar-refractivity contribution in [3.63, 3.8) is 0 Å². The van der Waals surface area contributed by atoms with E-state index in [1.165, 1.54) is 25.0 Å². The minimum Gasteiger partial charge on any atom is -0.479 e. The third-order valence-corrected chi connectivity index (χ3v) is 10.4. The first kappa shape index (κ1) is 44.3. The van der Waals surface area contributed by atoms with E-state index in [0.717, 1.165) is 60.8 Å². The van der Waals surface area contributed by atoms with E-state index in [4.69, 9.17) is 20.4 Å². The second-order valence-corrected chi connectivity index (χ2v) is 14.6. The largest absolute Gasteiger partial charge is 0.479 e. The minimum atomic E-state index is -2.27. The number of halogens is 3. The highest BCUT2D eigenvalue weighted by Gasteiger charge is 2.29. The zero-order valence-electron chi connectivity index (χ0n) is 32.7. The summed E-state index contributed by atoms with van der Waals surface area (Å²) in [6.45, 7) is 3.18. The molecule has 0 aliphatic carbocycles. The predicted molar refractivity (Wildman–Crippen MR) is 216 cm³/mol. The number of amides is 1. The van der Waals surface area contributed by atoms with Crippen molar-refractivity contribution < 1.29 is 48.0 Å². The van der Waals surface area contributed by atoms with Gasteiger partial charge >= 0.3 is 11.9 Å². The molecule has 1 aliphatic rings. The lowest BCUT2D eigenvalue weighted by atomic mass is 10.0. The fourth-order valence-corrected chi connectivity index (χ4v) is 7.01. The van der Waals surface area contributed by atoms with E-state index in [-0.39, 0.29) is 36.3 Å².